The molecule has 0 aliphatic carbocycles. The van der Waals surface area contributed by atoms with Crippen LogP contribution >= 0.6 is 0 Å². The predicted molar refractivity (Wildman–Crippen MR) is 78.0 cm³/mol. The molecule has 5 heteroatoms. The Morgan fingerprint density at radius 3 is 2.24 bits per heavy atom. The van der Waals surface area contributed by atoms with Gasteiger partial charge in [-0.25, -0.2) is 0 Å². The Morgan fingerprint density at radius 2 is 1.67 bits per heavy atom. The number of aromatic amines is 1. The average Bonchev–Trinajstić information content (AvgIpc) is 2.98. The summed E-state index contributed by atoms with van der Waals surface area (Å²) in [6.45, 7) is 0.362. The molecule has 0 unspecified atom stereocenters. The van der Waals surface area contributed by atoms with Crippen LogP contribution in [0, 0.1) is 0 Å². The van der Waals surface area contributed by atoms with Crippen LogP contribution in [0.1, 0.15) is 31.2 Å². The Labute approximate surface area is 123 Å². The molecule has 0 radical (unpaired) electrons. The van der Waals surface area contributed by atoms with Crippen LogP contribution in [0.25, 0.3) is 11.3 Å². The number of carbonyl (C=O) groups excluding carboxylic acids is 2. The van der Waals surface area contributed by atoms with Crippen LogP contribution in [0.2, 0.25) is 0 Å². The lowest BCUT2D eigenvalue weighted by Gasteiger charge is -2.18. The Hall–Kier alpha value is -2.43. The molecule has 1 aromatic heterocycles. The third kappa shape index (κ3) is 3.02. The second-order valence-electron chi connectivity index (χ2n) is 5.25. The normalized spacial score (nSPS) is 16.1. The Bertz CT molecular complexity index is 614. The van der Waals surface area contributed by atoms with Crippen molar-refractivity contribution >= 4 is 11.8 Å². The second kappa shape index (κ2) is 5.91. The second-order valence-corrected chi connectivity index (χ2v) is 5.25. The first-order valence-corrected chi connectivity index (χ1v) is 7.16. The van der Waals surface area contributed by atoms with E-state index in [4.69, 9.17) is 0 Å². The standard InChI is InChI=1S/C16H17N3O2/c20-15-3-1-2-4-16(21)19(15)11-12-5-7-13(8-6-12)14-9-10-17-18-14/h5-10H,1-4,11H2,(H,17,18). The number of nitrogens with zero attached hydrogens (tertiary/aromatic N) is 2. The van der Waals surface area contributed by atoms with Gasteiger partial charge in [0.05, 0.1) is 12.2 Å². The summed E-state index contributed by atoms with van der Waals surface area (Å²) in [7, 11) is 0. The molecule has 2 heterocycles. The Kier molecular flexibility index (Phi) is 3.81. The van der Waals surface area contributed by atoms with Crippen molar-refractivity contribution in [3.8, 4) is 11.3 Å². The number of carbonyl (C=O) groups is 2. The van der Waals surface area contributed by atoms with Crippen LogP contribution in [0.15, 0.2) is 36.5 Å². The summed E-state index contributed by atoms with van der Waals surface area (Å²) in [6, 6.07) is 9.73. The molecule has 108 valence electrons. The zero-order valence-corrected chi connectivity index (χ0v) is 11.7. The maximum Gasteiger partial charge on any atom is 0.229 e. The molecular formula is C16H17N3O2. The van der Waals surface area contributed by atoms with Gasteiger partial charge in [0.1, 0.15) is 0 Å². The molecule has 1 N–H and O–H groups in total. The lowest BCUT2D eigenvalue weighted by molar-refractivity contribution is -0.144. The van der Waals surface area contributed by atoms with E-state index < -0.39 is 0 Å². The molecule has 1 saturated heterocycles. The van der Waals surface area contributed by atoms with Crippen molar-refractivity contribution in [1.29, 1.82) is 0 Å². The summed E-state index contributed by atoms with van der Waals surface area (Å²) >= 11 is 0. The van der Waals surface area contributed by atoms with Gasteiger partial charge in [0.25, 0.3) is 0 Å². The highest BCUT2D eigenvalue weighted by Crippen LogP contribution is 2.19. The monoisotopic (exact) mass is 283 g/mol. The van der Waals surface area contributed by atoms with Crippen LogP contribution in [0.5, 0.6) is 0 Å². The molecular weight excluding hydrogens is 266 g/mol. The number of imide groups is 1. The van der Waals surface area contributed by atoms with Crippen LogP contribution in [0.4, 0.5) is 0 Å². The Balaban J connectivity index is 1.75. The molecule has 2 amide bonds. The van der Waals surface area contributed by atoms with Gasteiger partial charge in [-0.3, -0.25) is 19.6 Å². The predicted octanol–water partition coefficient (Wildman–Crippen LogP) is 2.51. The lowest BCUT2D eigenvalue weighted by atomic mass is 10.1. The molecule has 0 bridgehead atoms. The molecule has 2 aromatic rings. The van der Waals surface area contributed by atoms with E-state index in [0.717, 1.165) is 29.7 Å². The molecule has 5 nitrogen and oxygen atoms in total. The smallest absolute Gasteiger partial charge is 0.229 e. The van der Waals surface area contributed by atoms with Crippen molar-refractivity contribution < 1.29 is 9.59 Å². The van der Waals surface area contributed by atoms with E-state index in [-0.39, 0.29) is 11.8 Å². The van der Waals surface area contributed by atoms with E-state index in [1.54, 1.807) is 6.20 Å². The van der Waals surface area contributed by atoms with Crippen molar-refractivity contribution in [3.63, 3.8) is 0 Å². The van der Waals surface area contributed by atoms with Gasteiger partial charge in [0, 0.05) is 19.0 Å². The summed E-state index contributed by atoms with van der Waals surface area (Å²) < 4.78 is 0. The number of benzene rings is 1. The fraction of sp³-hybridized carbons (Fsp3) is 0.312. The fourth-order valence-corrected chi connectivity index (χ4v) is 2.53. The largest absolute Gasteiger partial charge is 0.278 e. The van der Waals surface area contributed by atoms with Gasteiger partial charge in [-0.2, -0.15) is 5.10 Å². The number of hydrogen-bond acceptors (Lipinski definition) is 3. The van der Waals surface area contributed by atoms with Gasteiger partial charge < -0.3 is 0 Å². The number of amides is 2. The minimum Gasteiger partial charge on any atom is -0.278 e. The van der Waals surface area contributed by atoms with Crippen molar-refractivity contribution in [2.45, 2.75) is 32.2 Å². The molecule has 1 aromatic carbocycles. The molecule has 0 spiro atoms. The number of rotatable bonds is 3. The van der Waals surface area contributed by atoms with Crippen LogP contribution in [-0.2, 0) is 16.1 Å². The van der Waals surface area contributed by atoms with Gasteiger partial charge in [0.15, 0.2) is 0 Å². The van der Waals surface area contributed by atoms with E-state index in [2.05, 4.69) is 10.2 Å². The topological polar surface area (TPSA) is 66.1 Å². The number of nitrogens with one attached hydrogen (secondary N) is 1. The highest BCUT2D eigenvalue weighted by atomic mass is 16.2. The van der Waals surface area contributed by atoms with E-state index in [0.29, 0.717) is 19.4 Å². The lowest BCUT2D eigenvalue weighted by Crippen LogP contribution is -2.34. The van der Waals surface area contributed by atoms with Crippen molar-refractivity contribution in [3.05, 3.63) is 42.1 Å². The quantitative estimate of drug-likeness (QED) is 0.880. The first-order chi connectivity index (χ1) is 10.2. The molecule has 0 saturated carbocycles. The third-order valence-electron chi connectivity index (χ3n) is 3.74. The summed E-state index contributed by atoms with van der Waals surface area (Å²) in [5.41, 5.74) is 2.94. The van der Waals surface area contributed by atoms with Crippen LogP contribution < -0.4 is 0 Å². The van der Waals surface area contributed by atoms with Gasteiger partial charge in [-0.1, -0.05) is 24.3 Å². The first-order valence-electron chi connectivity index (χ1n) is 7.16. The van der Waals surface area contributed by atoms with Crippen molar-refractivity contribution in [2.75, 3.05) is 0 Å². The maximum absolute atomic E-state index is 12.0. The van der Waals surface area contributed by atoms with E-state index >= 15 is 0 Å². The van der Waals surface area contributed by atoms with Crippen molar-refractivity contribution in [2.24, 2.45) is 0 Å². The maximum atomic E-state index is 12.0. The number of hydrogen-bond donors (Lipinski definition) is 1. The minimum absolute atomic E-state index is 0.0601. The average molecular weight is 283 g/mol. The van der Waals surface area contributed by atoms with Gasteiger partial charge in [-0.05, 0) is 30.0 Å². The van der Waals surface area contributed by atoms with E-state index in [1.807, 2.05) is 30.3 Å². The van der Waals surface area contributed by atoms with E-state index in [1.165, 1.54) is 4.90 Å². The molecule has 0 atom stereocenters. The summed E-state index contributed by atoms with van der Waals surface area (Å²) in [4.78, 5) is 25.3. The first kappa shape index (κ1) is 13.5. The molecule has 3 rings (SSSR count). The summed E-state index contributed by atoms with van der Waals surface area (Å²) in [5, 5.41) is 6.83. The van der Waals surface area contributed by atoms with Gasteiger partial charge in [0.2, 0.25) is 11.8 Å². The fourth-order valence-electron chi connectivity index (χ4n) is 2.53. The SMILES string of the molecule is O=C1CCCCC(=O)N1Cc1ccc(-c2ccn[nH]2)cc1. The minimum atomic E-state index is -0.0601. The van der Waals surface area contributed by atoms with Crippen LogP contribution in [0.3, 0.4) is 0 Å². The van der Waals surface area contributed by atoms with Crippen LogP contribution in [-0.4, -0.2) is 26.9 Å². The molecule has 1 aliphatic heterocycles. The summed E-state index contributed by atoms with van der Waals surface area (Å²) in [6.07, 6.45) is 4.26. The zero-order chi connectivity index (χ0) is 14.7. The Morgan fingerprint density at radius 1 is 1.00 bits per heavy atom. The van der Waals surface area contributed by atoms with Crippen molar-refractivity contribution in [1.82, 2.24) is 15.1 Å². The van der Waals surface area contributed by atoms with Gasteiger partial charge >= 0.3 is 0 Å². The molecule has 21 heavy (non-hydrogen) atoms. The van der Waals surface area contributed by atoms with Gasteiger partial charge in [-0.15, -0.1) is 0 Å². The number of aromatic nitrogens is 2. The third-order valence-corrected chi connectivity index (χ3v) is 3.74. The zero-order valence-electron chi connectivity index (χ0n) is 11.7. The summed E-state index contributed by atoms with van der Waals surface area (Å²) in [5.74, 6) is -0.120. The van der Waals surface area contributed by atoms with E-state index in [9.17, 15) is 9.59 Å². The molecule has 1 fully saturated rings. The molecule has 1 aliphatic rings. The number of likely N-dealkylation sites (tertiary alicyclic amines) is 1. The highest BCUT2D eigenvalue weighted by Gasteiger charge is 2.23. The highest BCUT2D eigenvalue weighted by molar-refractivity contribution is 5.95. The number of H-pyrrole nitrogens is 1.